The lowest BCUT2D eigenvalue weighted by Crippen LogP contribution is -2.00. The maximum Gasteiger partial charge on any atom is 0.147 e. The van der Waals surface area contributed by atoms with E-state index in [4.69, 9.17) is 0 Å². The van der Waals surface area contributed by atoms with E-state index in [-0.39, 0.29) is 5.82 Å². The lowest BCUT2D eigenvalue weighted by atomic mass is 9.94. The number of aryl methyl sites for hydroxylation is 2. The number of fused-ring (bicyclic) bond motifs is 5. The topological polar surface area (TPSA) is 44.5 Å². The van der Waals surface area contributed by atoms with Gasteiger partial charge in [-0.2, -0.15) is 5.10 Å². The second kappa shape index (κ2) is 2.97. The van der Waals surface area contributed by atoms with Crippen molar-refractivity contribution >= 4 is 10.9 Å². The van der Waals surface area contributed by atoms with E-state index in [0.717, 1.165) is 29.6 Å². The monoisotopic (exact) mass is 227 g/mol. The van der Waals surface area contributed by atoms with Crippen LogP contribution in [0, 0.1) is 5.82 Å². The molecule has 0 saturated carbocycles. The molecule has 1 aliphatic rings. The molecule has 0 fully saturated rings. The first-order valence-electron chi connectivity index (χ1n) is 5.66. The number of hydrogen-bond acceptors (Lipinski definition) is 1. The molecule has 0 radical (unpaired) electrons. The lowest BCUT2D eigenvalue weighted by Gasteiger charge is -2.10. The third-order valence-electron chi connectivity index (χ3n) is 3.50. The minimum absolute atomic E-state index is 0.196. The summed E-state index contributed by atoms with van der Waals surface area (Å²) >= 11 is 0. The van der Waals surface area contributed by atoms with Crippen molar-refractivity contribution in [3.63, 3.8) is 0 Å². The number of aromatic amines is 2. The number of aromatic nitrogens is 3. The number of H-pyrrole nitrogens is 2. The van der Waals surface area contributed by atoms with Crippen molar-refractivity contribution in [3.8, 4) is 11.4 Å². The van der Waals surface area contributed by atoms with Crippen LogP contribution in [0.4, 0.5) is 4.39 Å². The van der Waals surface area contributed by atoms with Gasteiger partial charge in [-0.3, -0.25) is 5.10 Å². The second-order valence-corrected chi connectivity index (χ2v) is 4.41. The Morgan fingerprint density at radius 1 is 1.18 bits per heavy atom. The van der Waals surface area contributed by atoms with Gasteiger partial charge in [0.15, 0.2) is 0 Å². The van der Waals surface area contributed by atoms with Crippen LogP contribution in [0.1, 0.15) is 11.1 Å². The van der Waals surface area contributed by atoms with Crippen LogP contribution in [0.15, 0.2) is 24.4 Å². The summed E-state index contributed by atoms with van der Waals surface area (Å²) in [5.74, 6) is -0.196. The summed E-state index contributed by atoms with van der Waals surface area (Å²) in [6.45, 7) is 0. The Bertz CT molecular complexity index is 723. The van der Waals surface area contributed by atoms with Crippen molar-refractivity contribution in [1.29, 1.82) is 0 Å². The SMILES string of the molecule is Fc1cccc2c3c([nH]c12)-c1[nH]ncc1CC3. The van der Waals surface area contributed by atoms with Crippen LogP contribution in [0.25, 0.3) is 22.3 Å². The van der Waals surface area contributed by atoms with Gasteiger partial charge < -0.3 is 4.98 Å². The van der Waals surface area contributed by atoms with E-state index in [1.807, 2.05) is 12.3 Å². The molecule has 0 spiro atoms. The fourth-order valence-electron chi connectivity index (χ4n) is 2.69. The van der Waals surface area contributed by atoms with Gasteiger partial charge >= 0.3 is 0 Å². The summed E-state index contributed by atoms with van der Waals surface area (Å²) in [5, 5.41) is 8.03. The second-order valence-electron chi connectivity index (χ2n) is 4.41. The molecule has 2 N–H and O–H groups in total. The van der Waals surface area contributed by atoms with Gasteiger partial charge in [-0.15, -0.1) is 0 Å². The van der Waals surface area contributed by atoms with E-state index in [9.17, 15) is 4.39 Å². The molecule has 0 atom stereocenters. The summed E-state index contributed by atoms with van der Waals surface area (Å²) in [6.07, 6.45) is 3.74. The molecule has 0 unspecified atom stereocenters. The van der Waals surface area contributed by atoms with Crippen LogP contribution in [0.3, 0.4) is 0 Å². The van der Waals surface area contributed by atoms with Gasteiger partial charge in [0.2, 0.25) is 0 Å². The Hall–Kier alpha value is -2.10. The summed E-state index contributed by atoms with van der Waals surface area (Å²) in [6, 6.07) is 5.21. The van der Waals surface area contributed by atoms with Crippen LogP contribution >= 0.6 is 0 Å². The maximum atomic E-state index is 13.7. The Morgan fingerprint density at radius 3 is 3.06 bits per heavy atom. The van der Waals surface area contributed by atoms with Crippen LogP contribution in [0.2, 0.25) is 0 Å². The van der Waals surface area contributed by atoms with E-state index in [1.54, 1.807) is 6.07 Å². The molecule has 3 nitrogen and oxygen atoms in total. The molecule has 0 aliphatic heterocycles. The number of nitrogens with zero attached hydrogens (tertiary/aromatic N) is 1. The van der Waals surface area contributed by atoms with Crippen LogP contribution in [-0.4, -0.2) is 15.2 Å². The van der Waals surface area contributed by atoms with Gasteiger partial charge in [0.25, 0.3) is 0 Å². The predicted octanol–water partition coefficient (Wildman–Crippen LogP) is 2.80. The van der Waals surface area contributed by atoms with Gasteiger partial charge in [-0.1, -0.05) is 12.1 Å². The zero-order valence-electron chi connectivity index (χ0n) is 9.05. The van der Waals surface area contributed by atoms with Crippen molar-refractivity contribution in [3.05, 3.63) is 41.3 Å². The highest BCUT2D eigenvalue weighted by Crippen LogP contribution is 2.36. The molecule has 17 heavy (non-hydrogen) atoms. The highest BCUT2D eigenvalue weighted by Gasteiger charge is 2.22. The Morgan fingerprint density at radius 2 is 2.12 bits per heavy atom. The zero-order valence-corrected chi connectivity index (χ0v) is 9.05. The molecular formula is C13H10FN3. The Balaban J connectivity index is 2.14. The average molecular weight is 227 g/mol. The molecular weight excluding hydrogens is 217 g/mol. The lowest BCUT2D eigenvalue weighted by molar-refractivity contribution is 0.637. The van der Waals surface area contributed by atoms with Gasteiger partial charge in [0.05, 0.1) is 23.1 Å². The number of para-hydroxylation sites is 1. The number of halogens is 1. The average Bonchev–Trinajstić information content (AvgIpc) is 2.91. The van der Waals surface area contributed by atoms with Gasteiger partial charge in [0, 0.05) is 5.39 Å². The molecule has 4 heteroatoms. The molecule has 2 aromatic heterocycles. The van der Waals surface area contributed by atoms with E-state index in [0.29, 0.717) is 5.52 Å². The Labute approximate surface area is 96.7 Å². The third kappa shape index (κ3) is 1.07. The molecule has 1 aromatic carbocycles. The largest absolute Gasteiger partial charge is 0.351 e. The molecule has 0 saturated heterocycles. The summed E-state index contributed by atoms with van der Waals surface area (Å²) in [7, 11) is 0. The number of hydrogen-bond donors (Lipinski definition) is 2. The number of nitrogens with one attached hydrogen (secondary N) is 2. The first kappa shape index (κ1) is 8.98. The van der Waals surface area contributed by atoms with Crippen molar-refractivity contribution in [2.75, 3.05) is 0 Å². The van der Waals surface area contributed by atoms with Crippen molar-refractivity contribution in [2.45, 2.75) is 12.8 Å². The molecule has 3 aromatic rings. The minimum Gasteiger partial charge on any atom is -0.351 e. The fraction of sp³-hybridized carbons (Fsp3) is 0.154. The van der Waals surface area contributed by atoms with Crippen molar-refractivity contribution in [1.82, 2.24) is 15.2 Å². The van der Waals surface area contributed by atoms with E-state index in [2.05, 4.69) is 15.2 Å². The number of benzene rings is 1. The molecule has 1 aliphatic carbocycles. The van der Waals surface area contributed by atoms with E-state index < -0.39 is 0 Å². The van der Waals surface area contributed by atoms with Gasteiger partial charge in [-0.05, 0) is 30.0 Å². The normalized spacial score (nSPS) is 13.7. The van der Waals surface area contributed by atoms with Gasteiger partial charge in [0.1, 0.15) is 5.82 Å². The van der Waals surface area contributed by atoms with Crippen LogP contribution in [0.5, 0.6) is 0 Å². The van der Waals surface area contributed by atoms with E-state index in [1.165, 1.54) is 17.2 Å². The van der Waals surface area contributed by atoms with Crippen LogP contribution in [-0.2, 0) is 12.8 Å². The van der Waals surface area contributed by atoms with Crippen molar-refractivity contribution in [2.24, 2.45) is 0 Å². The third-order valence-corrected chi connectivity index (χ3v) is 3.50. The summed E-state index contributed by atoms with van der Waals surface area (Å²) in [5.41, 5.74) is 4.98. The van der Waals surface area contributed by atoms with Crippen molar-refractivity contribution < 1.29 is 4.39 Å². The minimum atomic E-state index is -0.196. The molecule has 0 bridgehead atoms. The summed E-state index contributed by atoms with van der Waals surface area (Å²) < 4.78 is 13.7. The molecule has 4 rings (SSSR count). The first-order valence-corrected chi connectivity index (χ1v) is 5.66. The number of rotatable bonds is 0. The highest BCUT2D eigenvalue weighted by atomic mass is 19.1. The molecule has 0 amide bonds. The standard InChI is InChI=1S/C13H10FN3/c14-10-3-1-2-8-9-5-4-7-6-15-17-11(7)13(9)16-12(8)10/h1-3,6,16H,4-5H2,(H,15,17). The predicted molar refractivity (Wildman–Crippen MR) is 63.2 cm³/mol. The molecule has 2 heterocycles. The maximum absolute atomic E-state index is 13.7. The zero-order chi connectivity index (χ0) is 11.4. The van der Waals surface area contributed by atoms with Gasteiger partial charge in [-0.25, -0.2) is 4.39 Å². The fourth-order valence-corrected chi connectivity index (χ4v) is 2.69. The smallest absolute Gasteiger partial charge is 0.147 e. The Kier molecular flexibility index (Phi) is 1.57. The van der Waals surface area contributed by atoms with Crippen LogP contribution < -0.4 is 0 Å². The summed E-state index contributed by atoms with van der Waals surface area (Å²) in [4.78, 5) is 3.18. The van der Waals surface area contributed by atoms with E-state index >= 15 is 0 Å². The highest BCUT2D eigenvalue weighted by molar-refractivity contribution is 5.91. The first-order chi connectivity index (χ1) is 8.34. The quantitative estimate of drug-likeness (QED) is 0.609. The molecule has 84 valence electrons.